The summed E-state index contributed by atoms with van der Waals surface area (Å²) in [7, 11) is 0. The lowest BCUT2D eigenvalue weighted by Gasteiger charge is -2.15. The number of carbonyl (C=O) groups is 1. The van der Waals surface area contributed by atoms with Gasteiger partial charge < -0.3 is 15.4 Å². The van der Waals surface area contributed by atoms with Crippen molar-refractivity contribution in [3.05, 3.63) is 28.7 Å². The smallest absolute Gasteiger partial charge is 0.222 e. The average Bonchev–Trinajstić information content (AvgIpc) is 2.87. The molecule has 0 spiro atoms. The van der Waals surface area contributed by atoms with Gasteiger partial charge in [-0.3, -0.25) is 4.79 Å². The molecule has 0 aromatic heterocycles. The Kier molecular flexibility index (Phi) is 8.07. The fourth-order valence-electron chi connectivity index (χ4n) is 2.27. The monoisotopic (exact) mass is 376 g/mol. The Morgan fingerprint density at radius 3 is 2.67 bits per heavy atom. The van der Waals surface area contributed by atoms with E-state index in [2.05, 4.69) is 15.9 Å². The molecule has 0 unspecified atom stereocenters. The molecule has 1 aliphatic heterocycles. The molecule has 0 radical (unpaired) electrons. The maximum absolute atomic E-state index is 11.9. The highest BCUT2D eigenvalue weighted by atomic mass is 79.9. The Hall–Kier alpha value is -0.780. The summed E-state index contributed by atoms with van der Waals surface area (Å²) < 4.78 is 6.66. The van der Waals surface area contributed by atoms with E-state index in [1.165, 1.54) is 0 Å². The summed E-state index contributed by atoms with van der Waals surface area (Å²) >= 11 is 3.38. The number of carbonyl (C=O) groups excluding carboxylic acids is 1. The quantitative estimate of drug-likeness (QED) is 0.775. The minimum Gasteiger partial charge on any atom is -0.494 e. The van der Waals surface area contributed by atoms with Gasteiger partial charge in [0, 0.05) is 30.0 Å². The van der Waals surface area contributed by atoms with Crippen LogP contribution in [0.15, 0.2) is 28.7 Å². The summed E-state index contributed by atoms with van der Waals surface area (Å²) in [6.07, 6.45) is 3.28. The van der Waals surface area contributed by atoms with Crippen LogP contribution in [0.4, 0.5) is 0 Å². The largest absolute Gasteiger partial charge is 0.494 e. The third-order valence-electron chi connectivity index (χ3n) is 3.44. The van der Waals surface area contributed by atoms with Crippen LogP contribution in [0, 0.1) is 0 Å². The molecule has 1 amide bonds. The van der Waals surface area contributed by atoms with Gasteiger partial charge in [0.2, 0.25) is 5.91 Å². The van der Waals surface area contributed by atoms with Crippen LogP contribution in [0.2, 0.25) is 0 Å². The standard InChI is InChI=1S/C15H21BrN2O2.ClH/c16-12-4-6-14(7-5-12)20-10-2-1-3-15(19)18-9-8-13(17)11-18;/h4-7,13H,1-3,8-11,17H2;1H/t13-;/m1./s1. The topological polar surface area (TPSA) is 55.6 Å². The van der Waals surface area contributed by atoms with Crippen LogP contribution in [0.25, 0.3) is 0 Å². The van der Waals surface area contributed by atoms with Crippen molar-refractivity contribution in [1.29, 1.82) is 0 Å². The Labute approximate surface area is 140 Å². The van der Waals surface area contributed by atoms with Crippen molar-refractivity contribution in [3.63, 3.8) is 0 Å². The highest BCUT2D eigenvalue weighted by Gasteiger charge is 2.22. The van der Waals surface area contributed by atoms with Crippen LogP contribution in [-0.2, 0) is 4.79 Å². The molecule has 1 aromatic rings. The van der Waals surface area contributed by atoms with E-state index in [0.717, 1.165) is 36.0 Å². The first kappa shape index (κ1) is 18.3. The van der Waals surface area contributed by atoms with Crippen molar-refractivity contribution in [2.45, 2.75) is 31.7 Å². The molecule has 6 heteroatoms. The molecule has 2 rings (SSSR count). The highest BCUT2D eigenvalue weighted by molar-refractivity contribution is 9.10. The minimum atomic E-state index is 0. The van der Waals surface area contributed by atoms with Gasteiger partial charge in [-0.1, -0.05) is 15.9 Å². The number of hydrogen-bond acceptors (Lipinski definition) is 3. The van der Waals surface area contributed by atoms with Gasteiger partial charge in [-0.2, -0.15) is 0 Å². The van der Waals surface area contributed by atoms with Crippen LogP contribution in [-0.4, -0.2) is 36.5 Å². The number of nitrogens with zero attached hydrogens (tertiary/aromatic N) is 1. The lowest BCUT2D eigenvalue weighted by Crippen LogP contribution is -2.31. The molecule has 1 aromatic carbocycles. The average molecular weight is 378 g/mol. The van der Waals surface area contributed by atoms with E-state index in [-0.39, 0.29) is 24.4 Å². The Morgan fingerprint density at radius 2 is 2.05 bits per heavy atom. The number of halogens is 2. The summed E-state index contributed by atoms with van der Waals surface area (Å²) in [5.41, 5.74) is 5.80. The van der Waals surface area contributed by atoms with Crippen molar-refractivity contribution in [2.75, 3.05) is 19.7 Å². The predicted molar refractivity (Wildman–Crippen MR) is 89.9 cm³/mol. The van der Waals surface area contributed by atoms with Crippen molar-refractivity contribution in [3.8, 4) is 5.75 Å². The summed E-state index contributed by atoms with van der Waals surface area (Å²) in [4.78, 5) is 13.8. The lowest BCUT2D eigenvalue weighted by atomic mass is 10.2. The van der Waals surface area contributed by atoms with Crippen LogP contribution >= 0.6 is 28.3 Å². The molecular formula is C15H22BrClN2O2. The van der Waals surface area contributed by atoms with E-state index in [0.29, 0.717) is 19.6 Å². The predicted octanol–water partition coefficient (Wildman–Crippen LogP) is 2.98. The minimum absolute atomic E-state index is 0. The molecular weight excluding hydrogens is 356 g/mol. The zero-order valence-electron chi connectivity index (χ0n) is 12.0. The molecule has 1 heterocycles. The molecule has 0 bridgehead atoms. The normalized spacial score (nSPS) is 17.4. The first-order chi connectivity index (χ1) is 9.65. The zero-order chi connectivity index (χ0) is 14.4. The SMILES string of the molecule is Cl.N[C@@H]1CCN(C(=O)CCCCOc2ccc(Br)cc2)C1. The van der Waals surface area contributed by atoms with Gasteiger partial charge in [0.05, 0.1) is 6.61 Å². The number of likely N-dealkylation sites (tertiary alicyclic amines) is 1. The maximum Gasteiger partial charge on any atom is 0.222 e. The summed E-state index contributed by atoms with van der Waals surface area (Å²) in [5, 5.41) is 0. The van der Waals surface area contributed by atoms with Crippen molar-refractivity contribution < 1.29 is 9.53 Å². The number of nitrogens with two attached hydrogens (primary N) is 1. The molecule has 1 saturated heterocycles. The second-order valence-corrected chi connectivity index (χ2v) is 6.06. The number of benzene rings is 1. The molecule has 2 N–H and O–H groups in total. The van der Waals surface area contributed by atoms with E-state index in [1.807, 2.05) is 29.2 Å². The zero-order valence-corrected chi connectivity index (χ0v) is 14.4. The molecule has 1 aliphatic rings. The Morgan fingerprint density at radius 1 is 1.33 bits per heavy atom. The number of rotatable bonds is 6. The van der Waals surface area contributed by atoms with Gasteiger partial charge in [-0.05, 0) is 43.5 Å². The number of ether oxygens (including phenoxy) is 1. The number of hydrogen-bond donors (Lipinski definition) is 1. The Bertz CT molecular complexity index is 442. The van der Waals surface area contributed by atoms with Crippen molar-refractivity contribution in [1.82, 2.24) is 4.90 Å². The van der Waals surface area contributed by atoms with E-state index in [1.54, 1.807) is 0 Å². The van der Waals surface area contributed by atoms with Gasteiger partial charge in [-0.25, -0.2) is 0 Å². The summed E-state index contributed by atoms with van der Waals surface area (Å²) in [5.74, 6) is 1.09. The second-order valence-electron chi connectivity index (χ2n) is 5.15. The van der Waals surface area contributed by atoms with E-state index >= 15 is 0 Å². The fraction of sp³-hybridized carbons (Fsp3) is 0.533. The fourth-order valence-corrected chi connectivity index (χ4v) is 2.54. The van der Waals surface area contributed by atoms with Crippen molar-refractivity contribution in [2.24, 2.45) is 5.73 Å². The van der Waals surface area contributed by atoms with Crippen LogP contribution in [0.1, 0.15) is 25.7 Å². The Balaban J connectivity index is 0.00000220. The molecule has 4 nitrogen and oxygen atoms in total. The van der Waals surface area contributed by atoms with E-state index < -0.39 is 0 Å². The van der Waals surface area contributed by atoms with Gasteiger partial charge >= 0.3 is 0 Å². The molecule has 0 aliphatic carbocycles. The van der Waals surface area contributed by atoms with Gasteiger partial charge in [0.15, 0.2) is 0 Å². The molecule has 118 valence electrons. The third kappa shape index (κ3) is 6.24. The van der Waals surface area contributed by atoms with E-state index in [9.17, 15) is 4.79 Å². The maximum atomic E-state index is 11.9. The summed E-state index contributed by atoms with van der Waals surface area (Å²) in [6.45, 7) is 2.18. The lowest BCUT2D eigenvalue weighted by molar-refractivity contribution is -0.130. The first-order valence-corrected chi connectivity index (χ1v) is 7.86. The highest BCUT2D eigenvalue weighted by Crippen LogP contribution is 2.16. The van der Waals surface area contributed by atoms with Crippen LogP contribution in [0.3, 0.4) is 0 Å². The van der Waals surface area contributed by atoms with E-state index in [4.69, 9.17) is 10.5 Å². The van der Waals surface area contributed by atoms with Crippen LogP contribution < -0.4 is 10.5 Å². The summed E-state index contributed by atoms with van der Waals surface area (Å²) in [6, 6.07) is 7.94. The number of amides is 1. The third-order valence-corrected chi connectivity index (χ3v) is 3.97. The van der Waals surface area contributed by atoms with Crippen LogP contribution in [0.5, 0.6) is 5.75 Å². The molecule has 1 fully saturated rings. The van der Waals surface area contributed by atoms with Gasteiger partial charge in [0.1, 0.15) is 5.75 Å². The molecule has 0 saturated carbocycles. The molecule has 1 atom stereocenters. The second kappa shape index (κ2) is 9.28. The molecule has 21 heavy (non-hydrogen) atoms. The van der Waals surface area contributed by atoms with Gasteiger partial charge in [0.25, 0.3) is 0 Å². The van der Waals surface area contributed by atoms with Gasteiger partial charge in [-0.15, -0.1) is 12.4 Å². The first-order valence-electron chi connectivity index (χ1n) is 7.07. The van der Waals surface area contributed by atoms with Crippen molar-refractivity contribution >= 4 is 34.2 Å². The number of unbranched alkanes of at least 4 members (excludes halogenated alkanes) is 1.